The first-order valence-electron chi connectivity index (χ1n) is 8.59. The molecule has 0 saturated heterocycles. The maximum absolute atomic E-state index is 14.0. The first kappa shape index (κ1) is 15.1. The number of rotatable bonds is 2. The van der Waals surface area contributed by atoms with Crippen LogP contribution in [0.15, 0.2) is 58.3 Å². The second-order valence-corrected chi connectivity index (χ2v) is 6.39. The molecule has 1 aromatic heterocycles. The maximum atomic E-state index is 14.0. The van der Waals surface area contributed by atoms with Crippen molar-refractivity contribution in [2.45, 2.75) is 13.0 Å². The van der Waals surface area contributed by atoms with Gasteiger partial charge in [0.25, 0.3) is 0 Å². The van der Waals surface area contributed by atoms with Gasteiger partial charge < -0.3 is 0 Å². The molecule has 6 nitrogen and oxygen atoms in total. The quantitative estimate of drug-likeness (QED) is 0.713. The minimum absolute atomic E-state index is 0.0913. The maximum Gasteiger partial charge on any atom is 0.352 e. The van der Waals surface area contributed by atoms with Crippen molar-refractivity contribution in [3.05, 3.63) is 76.0 Å². The van der Waals surface area contributed by atoms with E-state index in [4.69, 9.17) is 0 Å². The average Bonchev–Trinajstić information content (AvgIpc) is 3.01. The van der Waals surface area contributed by atoms with Gasteiger partial charge in [0.2, 0.25) is 5.95 Å². The Hall–Kier alpha value is -3.22. The molecule has 0 amide bonds. The molecule has 3 heterocycles. The summed E-state index contributed by atoms with van der Waals surface area (Å²) >= 11 is 0. The highest BCUT2D eigenvalue weighted by Crippen LogP contribution is 2.29. The van der Waals surface area contributed by atoms with E-state index < -0.39 is 0 Å². The summed E-state index contributed by atoms with van der Waals surface area (Å²) in [5.41, 5.74) is 1.85. The fraction of sp³-hybridized carbons (Fsp3) is 0.211. The number of benzene rings is 2. The molecule has 3 aromatic rings. The Morgan fingerprint density at radius 3 is 2.77 bits per heavy atom. The smallest absolute Gasteiger partial charge is 0.294 e. The van der Waals surface area contributed by atoms with Crippen LogP contribution in [0.25, 0.3) is 5.69 Å². The molecule has 130 valence electrons. The lowest BCUT2D eigenvalue weighted by molar-refractivity contribution is 0.576. The van der Waals surface area contributed by atoms with Gasteiger partial charge in [0.1, 0.15) is 11.7 Å². The summed E-state index contributed by atoms with van der Waals surface area (Å²) in [4.78, 5) is 19.7. The van der Waals surface area contributed by atoms with E-state index in [-0.39, 0.29) is 18.1 Å². The van der Waals surface area contributed by atoms with Crippen molar-refractivity contribution < 1.29 is 4.39 Å². The third-order valence-electron chi connectivity index (χ3n) is 4.78. The van der Waals surface area contributed by atoms with Gasteiger partial charge in [-0.1, -0.05) is 30.3 Å². The number of para-hydroxylation sites is 1. The van der Waals surface area contributed by atoms with Gasteiger partial charge in [0.15, 0.2) is 0 Å². The van der Waals surface area contributed by atoms with Gasteiger partial charge in [-0.05, 0) is 24.6 Å². The number of fused-ring (bicyclic) bond motifs is 6. The highest BCUT2D eigenvalue weighted by atomic mass is 19.1. The molecule has 26 heavy (non-hydrogen) atoms. The van der Waals surface area contributed by atoms with Crippen LogP contribution in [0, 0.1) is 5.82 Å². The Bertz CT molecular complexity index is 1100. The molecule has 0 radical (unpaired) electrons. The molecule has 0 unspecified atom stereocenters. The predicted molar refractivity (Wildman–Crippen MR) is 96.7 cm³/mol. The predicted octanol–water partition coefficient (Wildman–Crippen LogP) is 2.19. The normalized spacial score (nSPS) is 15.1. The van der Waals surface area contributed by atoms with Crippen LogP contribution >= 0.6 is 0 Å². The second-order valence-electron chi connectivity index (χ2n) is 6.39. The Kier molecular flexibility index (Phi) is 3.28. The number of anilines is 1. The standard InChI is InChI=1S/C19H16FN5O/c20-15-8-3-1-6-13(15)12-24-19(26)25-16-9-4-2-7-14(16)17-21-10-5-11-23(17)18(25)22-24/h1-4,6-9H,5,10-12H2. The minimum Gasteiger partial charge on any atom is -0.294 e. The molecule has 0 fully saturated rings. The van der Waals surface area contributed by atoms with Crippen LogP contribution in [0.2, 0.25) is 0 Å². The molecule has 0 aliphatic carbocycles. The molecule has 0 bridgehead atoms. The summed E-state index contributed by atoms with van der Waals surface area (Å²) in [5, 5.41) is 4.52. The molecule has 0 atom stereocenters. The van der Waals surface area contributed by atoms with Gasteiger partial charge in [-0.25, -0.2) is 18.4 Å². The Balaban J connectivity index is 1.70. The molecule has 2 aliphatic heterocycles. The van der Waals surface area contributed by atoms with Crippen molar-refractivity contribution in [3.8, 4) is 5.69 Å². The molecule has 5 rings (SSSR count). The fourth-order valence-electron chi connectivity index (χ4n) is 3.56. The zero-order valence-corrected chi connectivity index (χ0v) is 14.0. The van der Waals surface area contributed by atoms with Crippen molar-refractivity contribution in [1.82, 2.24) is 14.3 Å². The third kappa shape index (κ3) is 2.13. The first-order chi connectivity index (χ1) is 12.7. The number of hydrogen-bond donors (Lipinski definition) is 0. The molecule has 0 saturated carbocycles. The average molecular weight is 349 g/mol. The van der Waals surface area contributed by atoms with Crippen LogP contribution in [-0.2, 0) is 6.54 Å². The van der Waals surface area contributed by atoms with E-state index in [0.29, 0.717) is 11.5 Å². The first-order valence-corrected chi connectivity index (χ1v) is 8.59. The van der Waals surface area contributed by atoms with Crippen LogP contribution in [0.5, 0.6) is 0 Å². The van der Waals surface area contributed by atoms with E-state index in [1.807, 2.05) is 29.2 Å². The number of aliphatic imine (C=N–C) groups is 1. The molecule has 0 N–H and O–H groups in total. The van der Waals surface area contributed by atoms with E-state index in [1.165, 1.54) is 10.7 Å². The van der Waals surface area contributed by atoms with Crippen molar-refractivity contribution >= 4 is 11.8 Å². The monoisotopic (exact) mass is 349 g/mol. The summed E-state index contributed by atoms with van der Waals surface area (Å²) < 4.78 is 16.9. The Morgan fingerprint density at radius 2 is 1.88 bits per heavy atom. The van der Waals surface area contributed by atoms with Gasteiger partial charge in [-0.3, -0.25) is 9.89 Å². The summed E-state index contributed by atoms with van der Waals surface area (Å²) in [5.74, 6) is 1.05. The van der Waals surface area contributed by atoms with Crippen molar-refractivity contribution in [1.29, 1.82) is 0 Å². The SMILES string of the molecule is O=c1n(Cc2ccccc2F)nc2n1-c1ccccc1C1=NCCCN12. The third-order valence-corrected chi connectivity index (χ3v) is 4.78. The molecular weight excluding hydrogens is 333 g/mol. The highest BCUT2D eigenvalue weighted by Gasteiger charge is 2.33. The Morgan fingerprint density at radius 1 is 1.08 bits per heavy atom. The minimum atomic E-state index is -0.342. The van der Waals surface area contributed by atoms with Crippen LogP contribution in [0.1, 0.15) is 17.5 Å². The van der Waals surface area contributed by atoms with Crippen LogP contribution < -0.4 is 10.6 Å². The van der Waals surface area contributed by atoms with E-state index in [1.54, 1.807) is 22.8 Å². The van der Waals surface area contributed by atoms with Crippen molar-refractivity contribution in [3.63, 3.8) is 0 Å². The largest absolute Gasteiger partial charge is 0.352 e. The van der Waals surface area contributed by atoms with Gasteiger partial charge >= 0.3 is 5.69 Å². The van der Waals surface area contributed by atoms with Crippen molar-refractivity contribution in [2.24, 2.45) is 4.99 Å². The van der Waals surface area contributed by atoms with E-state index in [0.717, 1.165) is 36.6 Å². The molecule has 2 aromatic carbocycles. The second kappa shape index (κ2) is 5.66. The summed E-state index contributed by atoms with van der Waals surface area (Å²) in [6.07, 6.45) is 0.903. The molecule has 2 aliphatic rings. The lowest BCUT2D eigenvalue weighted by Gasteiger charge is -2.33. The number of hydrogen-bond acceptors (Lipinski definition) is 4. The summed E-state index contributed by atoms with van der Waals surface area (Å²) in [6.45, 7) is 1.61. The van der Waals surface area contributed by atoms with Crippen LogP contribution in [0.4, 0.5) is 10.3 Å². The number of aromatic nitrogens is 3. The van der Waals surface area contributed by atoms with E-state index >= 15 is 0 Å². The highest BCUT2D eigenvalue weighted by molar-refractivity contribution is 6.13. The van der Waals surface area contributed by atoms with E-state index in [2.05, 4.69) is 10.1 Å². The zero-order chi connectivity index (χ0) is 17.7. The summed E-state index contributed by atoms with van der Waals surface area (Å²) in [6, 6.07) is 14.1. The lowest BCUT2D eigenvalue weighted by atomic mass is 10.1. The van der Waals surface area contributed by atoms with Crippen molar-refractivity contribution in [2.75, 3.05) is 18.0 Å². The van der Waals surface area contributed by atoms with Gasteiger partial charge in [-0.2, -0.15) is 0 Å². The molecule has 0 spiro atoms. The molecule has 7 heteroatoms. The van der Waals surface area contributed by atoms with Gasteiger partial charge in [0, 0.05) is 24.2 Å². The number of nitrogens with zero attached hydrogens (tertiary/aromatic N) is 5. The van der Waals surface area contributed by atoms with Crippen LogP contribution in [0.3, 0.4) is 0 Å². The Labute approximate surface area is 148 Å². The van der Waals surface area contributed by atoms with Gasteiger partial charge in [-0.15, -0.1) is 5.10 Å². The fourth-order valence-corrected chi connectivity index (χ4v) is 3.56. The molecular formula is C19H16FN5O. The van der Waals surface area contributed by atoms with Gasteiger partial charge in [0.05, 0.1) is 12.2 Å². The zero-order valence-electron chi connectivity index (χ0n) is 14.0. The number of halogens is 1. The number of amidine groups is 1. The van der Waals surface area contributed by atoms with E-state index in [9.17, 15) is 9.18 Å². The topological polar surface area (TPSA) is 55.4 Å². The van der Waals surface area contributed by atoms with Crippen LogP contribution in [-0.4, -0.2) is 33.3 Å². The summed E-state index contributed by atoms with van der Waals surface area (Å²) in [7, 11) is 0. The lowest BCUT2D eigenvalue weighted by Crippen LogP contribution is -2.42.